The Kier molecular flexibility index (Phi) is 3.69. The van der Waals surface area contributed by atoms with E-state index in [1.54, 1.807) is 12.1 Å². The molecule has 4 heteroatoms. The predicted molar refractivity (Wildman–Crippen MR) is 59.0 cm³/mol. The van der Waals surface area contributed by atoms with E-state index in [4.69, 9.17) is 12.2 Å². The molecule has 0 bridgehead atoms. The van der Waals surface area contributed by atoms with Crippen LogP contribution < -0.4 is 11.1 Å². The highest BCUT2D eigenvalue weighted by molar-refractivity contribution is 5.92. The summed E-state index contributed by atoms with van der Waals surface area (Å²) < 4.78 is 0. The van der Waals surface area contributed by atoms with Crippen molar-refractivity contribution in [2.24, 2.45) is 0 Å². The van der Waals surface area contributed by atoms with Crippen molar-refractivity contribution in [3.05, 3.63) is 24.0 Å². The Morgan fingerprint density at radius 3 is 2.93 bits per heavy atom. The van der Waals surface area contributed by atoms with Gasteiger partial charge >= 0.3 is 0 Å². The zero-order valence-electron chi connectivity index (χ0n) is 8.53. The number of nitrogens with zero attached hydrogens (tertiary/aromatic N) is 1. The van der Waals surface area contributed by atoms with Gasteiger partial charge < -0.3 is 11.1 Å². The van der Waals surface area contributed by atoms with Crippen LogP contribution in [0.1, 0.15) is 23.8 Å². The van der Waals surface area contributed by atoms with Crippen molar-refractivity contribution in [3.8, 4) is 12.3 Å². The molecule has 0 aliphatic rings. The van der Waals surface area contributed by atoms with Crippen LogP contribution in [0.5, 0.6) is 0 Å². The van der Waals surface area contributed by atoms with Gasteiger partial charge in [0.05, 0.1) is 17.9 Å². The lowest BCUT2D eigenvalue weighted by atomic mass is 10.2. The van der Waals surface area contributed by atoms with Crippen molar-refractivity contribution < 1.29 is 4.79 Å². The molecule has 0 fully saturated rings. The van der Waals surface area contributed by atoms with Crippen molar-refractivity contribution >= 4 is 11.6 Å². The molecular weight excluding hydrogens is 190 g/mol. The summed E-state index contributed by atoms with van der Waals surface area (Å²) in [6, 6.07) is 2.93. The summed E-state index contributed by atoms with van der Waals surface area (Å²) in [6.45, 7) is 1.90. The van der Waals surface area contributed by atoms with Crippen LogP contribution in [0.15, 0.2) is 18.3 Å². The number of carbonyl (C=O) groups excluding carboxylic acids is 1. The fourth-order valence-electron chi connectivity index (χ4n) is 1.03. The van der Waals surface area contributed by atoms with Gasteiger partial charge in [0, 0.05) is 0 Å². The van der Waals surface area contributed by atoms with Crippen LogP contribution in [0.3, 0.4) is 0 Å². The van der Waals surface area contributed by atoms with Crippen LogP contribution in [-0.4, -0.2) is 16.9 Å². The van der Waals surface area contributed by atoms with E-state index in [2.05, 4.69) is 16.2 Å². The molecule has 15 heavy (non-hydrogen) atoms. The third kappa shape index (κ3) is 2.99. The molecular formula is C11H13N3O. The number of hydrogen-bond acceptors (Lipinski definition) is 3. The third-order valence-corrected chi connectivity index (χ3v) is 1.93. The first-order chi connectivity index (χ1) is 7.17. The highest BCUT2D eigenvalue weighted by Crippen LogP contribution is 2.01. The van der Waals surface area contributed by atoms with E-state index in [1.165, 1.54) is 6.20 Å². The number of nitrogens with two attached hydrogens (primary N) is 1. The van der Waals surface area contributed by atoms with Gasteiger partial charge in [0.1, 0.15) is 5.69 Å². The molecule has 1 amide bonds. The molecule has 0 aliphatic heterocycles. The van der Waals surface area contributed by atoms with Gasteiger partial charge in [0.25, 0.3) is 5.91 Å². The van der Waals surface area contributed by atoms with E-state index < -0.39 is 0 Å². The lowest BCUT2D eigenvalue weighted by molar-refractivity contribution is 0.0940. The van der Waals surface area contributed by atoms with E-state index in [0.29, 0.717) is 17.8 Å². The number of amides is 1. The molecule has 0 aliphatic carbocycles. The molecule has 1 unspecified atom stereocenters. The van der Waals surface area contributed by atoms with Crippen molar-refractivity contribution in [3.63, 3.8) is 0 Å². The summed E-state index contributed by atoms with van der Waals surface area (Å²) in [5.74, 6) is 2.20. The van der Waals surface area contributed by atoms with Gasteiger partial charge in [-0.3, -0.25) is 4.79 Å². The average Bonchev–Trinajstić information content (AvgIpc) is 2.26. The van der Waals surface area contributed by atoms with Gasteiger partial charge in [-0.15, -0.1) is 6.42 Å². The number of aromatic nitrogens is 1. The first kappa shape index (κ1) is 11.1. The molecule has 0 radical (unpaired) electrons. The van der Waals surface area contributed by atoms with Crippen molar-refractivity contribution in [1.82, 2.24) is 10.3 Å². The zero-order valence-corrected chi connectivity index (χ0v) is 8.53. The van der Waals surface area contributed by atoms with Crippen LogP contribution >= 0.6 is 0 Å². The minimum Gasteiger partial charge on any atom is -0.397 e. The van der Waals surface area contributed by atoms with Crippen molar-refractivity contribution in [2.75, 3.05) is 5.73 Å². The second kappa shape index (κ2) is 5.01. The van der Waals surface area contributed by atoms with Gasteiger partial charge in [-0.1, -0.05) is 12.8 Å². The lowest BCUT2D eigenvalue weighted by Gasteiger charge is -2.09. The first-order valence-electron chi connectivity index (χ1n) is 4.66. The molecule has 0 saturated carbocycles. The molecule has 78 valence electrons. The third-order valence-electron chi connectivity index (χ3n) is 1.93. The number of nitrogen functional groups attached to an aromatic ring is 1. The number of carbonyl (C=O) groups is 1. The van der Waals surface area contributed by atoms with E-state index in [1.807, 2.05) is 6.92 Å². The largest absolute Gasteiger partial charge is 0.397 e. The van der Waals surface area contributed by atoms with Crippen LogP contribution in [-0.2, 0) is 0 Å². The van der Waals surface area contributed by atoms with E-state index in [-0.39, 0.29) is 11.9 Å². The molecule has 0 spiro atoms. The van der Waals surface area contributed by atoms with Crippen molar-refractivity contribution in [2.45, 2.75) is 19.4 Å². The fourth-order valence-corrected chi connectivity index (χ4v) is 1.03. The molecule has 0 saturated heterocycles. The minimum atomic E-state index is -0.278. The number of rotatable bonds is 3. The maximum atomic E-state index is 11.6. The lowest BCUT2D eigenvalue weighted by Crippen LogP contribution is -2.33. The number of anilines is 1. The summed E-state index contributed by atoms with van der Waals surface area (Å²) in [6.07, 6.45) is 7.36. The monoisotopic (exact) mass is 203 g/mol. The topological polar surface area (TPSA) is 68.0 Å². The van der Waals surface area contributed by atoms with E-state index in [9.17, 15) is 4.79 Å². The van der Waals surface area contributed by atoms with E-state index in [0.717, 1.165) is 0 Å². The fraction of sp³-hybridized carbons (Fsp3) is 0.273. The standard InChI is InChI=1S/C11H13N3O/c1-3-9(4-2)14-11(15)10-6-5-8(12)7-13-10/h1,5-7,9H,4,12H2,2H3,(H,14,15). The zero-order chi connectivity index (χ0) is 11.3. The van der Waals surface area contributed by atoms with E-state index >= 15 is 0 Å². The summed E-state index contributed by atoms with van der Waals surface area (Å²) in [5, 5.41) is 2.67. The summed E-state index contributed by atoms with van der Waals surface area (Å²) in [5.41, 5.74) is 6.30. The maximum Gasteiger partial charge on any atom is 0.270 e. The minimum absolute atomic E-state index is 0.253. The Morgan fingerprint density at radius 2 is 2.47 bits per heavy atom. The maximum absolute atomic E-state index is 11.6. The Balaban J connectivity index is 2.70. The highest BCUT2D eigenvalue weighted by atomic mass is 16.1. The van der Waals surface area contributed by atoms with Gasteiger partial charge in [-0.25, -0.2) is 4.98 Å². The number of hydrogen-bond donors (Lipinski definition) is 2. The summed E-state index contributed by atoms with van der Waals surface area (Å²) in [4.78, 5) is 15.5. The van der Waals surface area contributed by atoms with Crippen molar-refractivity contribution in [1.29, 1.82) is 0 Å². The number of nitrogens with one attached hydrogen (secondary N) is 1. The second-order valence-corrected chi connectivity index (χ2v) is 3.08. The number of pyridine rings is 1. The predicted octanol–water partition coefficient (Wildman–Crippen LogP) is 0.805. The molecule has 1 heterocycles. The Labute approximate surface area is 88.9 Å². The van der Waals surface area contributed by atoms with Crippen LogP contribution in [0.4, 0.5) is 5.69 Å². The molecule has 1 atom stereocenters. The summed E-state index contributed by atoms with van der Waals surface area (Å²) in [7, 11) is 0. The SMILES string of the molecule is C#CC(CC)NC(=O)c1ccc(N)cn1. The number of terminal acetylenes is 1. The van der Waals surface area contributed by atoms with Gasteiger partial charge in [0.2, 0.25) is 0 Å². The van der Waals surface area contributed by atoms with Gasteiger partial charge in [-0.05, 0) is 18.6 Å². The van der Waals surface area contributed by atoms with Gasteiger partial charge in [0.15, 0.2) is 0 Å². The molecule has 1 rings (SSSR count). The highest BCUT2D eigenvalue weighted by Gasteiger charge is 2.10. The smallest absolute Gasteiger partial charge is 0.270 e. The Hall–Kier alpha value is -2.02. The average molecular weight is 203 g/mol. The van der Waals surface area contributed by atoms with Gasteiger partial charge in [-0.2, -0.15) is 0 Å². The molecule has 1 aromatic rings. The molecule has 0 aromatic carbocycles. The normalized spacial score (nSPS) is 11.5. The van der Waals surface area contributed by atoms with Crippen LogP contribution in [0, 0.1) is 12.3 Å². The second-order valence-electron chi connectivity index (χ2n) is 3.08. The first-order valence-corrected chi connectivity index (χ1v) is 4.66. The molecule has 3 N–H and O–H groups in total. The van der Waals surface area contributed by atoms with Crippen LogP contribution in [0.2, 0.25) is 0 Å². The molecule has 1 aromatic heterocycles. The Morgan fingerprint density at radius 1 is 1.73 bits per heavy atom. The van der Waals surface area contributed by atoms with Crippen LogP contribution in [0.25, 0.3) is 0 Å². The molecule has 4 nitrogen and oxygen atoms in total. The Bertz CT molecular complexity index is 378. The summed E-state index contributed by atoms with van der Waals surface area (Å²) >= 11 is 0. The quantitative estimate of drug-likeness (QED) is 0.714.